The van der Waals surface area contributed by atoms with Gasteiger partial charge in [0.2, 0.25) is 5.95 Å². The summed E-state index contributed by atoms with van der Waals surface area (Å²) in [5.74, 6) is -0.565. The lowest BCUT2D eigenvalue weighted by Gasteiger charge is -1.92. The molecule has 4 heteroatoms. The number of nitrogens with zero attached hydrogens (tertiary/aromatic N) is 1. The van der Waals surface area contributed by atoms with Crippen LogP contribution in [0.3, 0.4) is 0 Å². The Morgan fingerprint density at radius 2 is 2.36 bits per heavy atom. The molecule has 0 atom stereocenters. The van der Waals surface area contributed by atoms with E-state index in [1.165, 1.54) is 6.07 Å². The molecule has 2 nitrogen and oxygen atoms in total. The number of H-pyrrole nitrogens is 1. The SMILES string of the molecule is Fc1cc(Cl)c2cc[nH]c2n1. The van der Waals surface area contributed by atoms with Crippen LogP contribution in [0.15, 0.2) is 18.3 Å². The first kappa shape index (κ1) is 6.61. The minimum atomic E-state index is -0.565. The second-order valence-electron chi connectivity index (χ2n) is 2.17. The van der Waals surface area contributed by atoms with Gasteiger partial charge in [-0.15, -0.1) is 0 Å². The van der Waals surface area contributed by atoms with E-state index >= 15 is 0 Å². The van der Waals surface area contributed by atoms with E-state index < -0.39 is 5.95 Å². The number of halogens is 2. The van der Waals surface area contributed by atoms with Gasteiger partial charge in [0.1, 0.15) is 5.65 Å². The van der Waals surface area contributed by atoms with Crippen LogP contribution >= 0.6 is 11.6 Å². The molecule has 0 fully saturated rings. The van der Waals surface area contributed by atoms with Gasteiger partial charge >= 0.3 is 0 Å². The molecule has 56 valence electrons. The van der Waals surface area contributed by atoms with E-state index in [0.717, 1.165) is 5.39 Å². The lowest BCUT2D eigenvalue weighted by Crippen LogP contribution is -1.82. The Labute approximate surface area is 67.0 Å². The van der Waals surface area contributed by atoms with E-state index in [2.05, 4.69) is 9.97 Å². The van der Waals surface area contributed by atoms with Crippen LogP contribution in [0, 0.1) is 5.95 Å². The average Bonchev–Trinajstić information content (AvgIpc) is 2.34. The van der Waals surface area contributed by atoms with Gasteiger partial charge in [-0.05, 0) is 6.07 Å². The second-order valence-corrected chi connectivity index (χ2v) is 2.57. The minimum absolute atomic E-state index is 0.383. The van der Waals surface area contributed by atoms with Crippen molar-refractivity contribution in [3.05, 3.63) is 29.3 Å². The summed E-state index contributed by atoms with van der Waals surface area (Å²) in [6, 6.07) is 2.95. The van der Waals surface area contributed by atoms with Crippen molar-refractivity contribution in [3.63, 3.8) is 0 Å². The maximum atomic E-state index is 12.6. The largest absolute Gasteiger partial charge is 0.346 e. The third-order valence-corrected chi connectivity index (χ3v) is 1.76. The van der Waals surface area contributed by atoms with E-state index in [0.29, 0.717) is 10.7 Å². The van der Waals surface area contributed by atoms with Crippen molar-refractivity contribution >= 4 is 22.6 Å². The Morgan fingerprint density at radius 1 is 1.55 bits per heavy atom. The molecule has 2 aromatic rings. The minimum Gasteiger partial charge on any atom is -0.346 e. The second kappa shape index (κ2) is 2.20. The summed E-state index contributed by atoms with van der Waals surface area (Å²) in [5.41, 5.74) is 0.481. The number of aromatic nitrogens is 2. The fourth-order valence-electron chi connectivity index (χ4n) is 0.967. The monoisotopic (exact) mass is 170 g/mol. The zero-order valence-electron chi connectivity index (χ0n) is 5.44. The standard InChI is InChI=1S/C7H4ClFN2/c8-5-3-6(9)11-7-4(5)1-2-10-7/h1-3H,(H,10,11). The zero-order valence-corrected chi connectivity index (χ0v) is 6.19. The maximum absolute atomic E-state index is 12.6. The first-order valence-corrected chi connectivity index (χ1v) is 3.44. The molecular weight excluding hydrogens is 167 g/mol. The highest BCUT2D eigenvalue weighted by molar-refractivity contribution is 6.35. The van der Waals surface area contributed by atoms with Gasteiger partial charge < -0.3 is 4.98 Å². The fourth-order valence-corrected chi connectivity index (χ4v) is 1.21. The van der Waals surface area contributed by atoms with Crippen molar-refractivity contribution in [3.8, 4) is 0 Å². The Balaban J connectivity index is 2.91. The lowest BCUT2D eigenvalue weighted by molar-refractivity contribution is 0.588. The fraction of sp³-hybridized carbons (Fsp3) is 0. The van der Waals surface area contributed by atoms with Crippen molar-refractivity contribution in [2.45, 2.75) is 0 Å². The first-order valence-electron chi connectivity index (χ1n) is 3.06. The molecule has 0 aromatic carbocycles. The van der Waals surface area contributed by atoms with Crippen molar-refractivity contribution in [2.75, 3.05) is 0 Å². The number of rotatable bonds is 0. The lowest BCUT2D eigenvalue weighted by atomic mass is 10.3. The predicted octanol–water partition coefficient (Wildman–Crippen LogP) is 2.36. The molecule has 0 bridgehead atoms. The van der Waals surface area contributed by atoms with Crippen molar-refractivity contribution in [1.82, 2.24) is 9.97 Å². The first-order chi connectivity index (χ1) is 5.27. The maximum Gasteiger partial charge on any atom is 0.216 e. The predicted molar refractivity (Wildman–Crippen MR) is 41.1 cm³/mol. The normalized spacial score (nSPS) is 10.7. The van der Waals surface area contributed by atoms with Crippen LogP contribution < -0.4 is 0 Å². The molecule has 0 saturated carbocycles. The Morgan fingerprint density at radius 3 is 3.18 bits per heavy atom. The van der Waals surface area contributed by atoms with Gasteiger partial charge in [-0.1, -0.05) is 11.6 Å². The molecule has 0 spiro atoms. The zero-order chi connectivity index (χ0) is 7.84. The van der Waals surface area contributed by atoms with Crippen molar-refractivity contribution < 1.29 is 4.39 Å². The average molecular weight is 171 g/mol. The molecule has 0 aliphatic rings. The number of aromatic amines is 1. The van der Waals surface area contributed by atoms with Gasteiger partial charge in [-0.3, -0.25) is 0 Å². The molecule has 11 heavy (non-hydrogen) atoms. The summed E-state index contributed by atoms with van der Waals surface area (Å²) in [6.07, 6.45) is 1.67. The van der Waals surface area contributed by atoms with Crippen LogP contribution in [0.4, 0.5) is 4.39 Å². The highest BCUT2D eigenvalue weighted by Gasteiger charge is 2.02. The number of fused-ring (bicyclic) bond motifs is 1. The number of hydrogen-bond donors (Lipinski definition) is 1. The molecule has 2 heterocycles. The van der Waals surface area contributed by atoms with Gasteiger partial charge in [0.05, 0.1) is 5.02 Å². The van der Waals surface area contributed by atoms with Gasteiger partial charge in [0.15, 0.2) is 0 Å². The smallest absolute Gasteiger partial charge is 0.216 e. The van der Waals surface area contributed by atoms with Gasteiger partial charge in [0.25, 0.3) is 0 Å². The van der Waals surface area contributed by atoms with E-state index in [4.69, 9.17) is 11.6 Å². The summed E-state index contributed by atoms with van der Waals surface area (Å²) in [4.78, 5) is 6.36. The van der Waals surface area contributed by atoms with Gasteiger partial charge in [0, 0.05) is 17.6 Å². The van der Waals surface area contributed by atoms with Crippen LogP contribution in [-0.2, 0) is 0 Å². The molecule has 2 rings (SSSR count). The number of hydrogen-bond acceptors (Lipinski definition) is 1. The summed E-state index contributed by atoms with van der Waals surface area (Å²) < 4.78 is 12.6. The molecule has 0 unspecified atom stereocenters. The van der Waals surface area contributed by atoms with Crippen LogP contribution in [0.2, 0.25) is 5.02 Å². The molecule has 1 N–H and O–H groups in total. The Kier molecular flexibility index (Phi) is 1.32. The van der Waals surface area contributed by atoms with Crippen molar-refractivity contribution in [2.24, 2.45) is 0 Å². The molecule has 0 saturated heterocycles. The van der Waals surface area contributed by atoms with Crippen LogP contribution in [-0.4, -0.2) is 9.97 Å². The van der Waals surface area contributed by atoms with E-state index in [-0.39, 0.29) is 0 Å². The van der Waals surface area contributed by atoms with Gasteiger partial charge in [-0.25, -0.2) is 4.98 Å². The number of pyridine rings is 1. The topological polar surface area (TPSA) is 28.7 Å². The Hall–Kier alpha value is -1.09. The van der Waals surface area contributed by atoms with Crippen LogP contribution in [0.5, 0.6) is 0 Å². The summed E-state index contributed by atoms with van der Waals surface area (Å²) >= 11 is 5.70. The summed E-state index contributed by atoms with van der Waals surface area (Å²) in [6.45, 7) is 0. The highest BCUT2D eigenvalue weighted by atomic mass is 35.5. The molecule has 0 radical (unpaired) electrons. The van der Waals surface area contributed by atoms with E-state index in [9.17, 15) is 4.39 Å². The number of nitrogens with one attached hydrogen (secondary N) is 1. The van der Waals surface area contributed by atoms with Crippen molar-refractivity contribution in [1.29, 1.82) is 0 Å². The summed E-state index contributed by atoms with van der Waals surface area (Å²) in [7, 11) is 0. The molecule has 2 aromatic heterocycles. The molecule has 0 aliphatic heterocycles. The Bertz CT molecular complexity index is 396. The quantitative estimate of drug-likeness (QED) is 0.604. The molecule has 0 amide bonds. The van der Waals surface area contributed by atoms with Crippen LogP contribution in [0.1, 0.15) is 0 Å². The van der Waals surface area contributed by atoms with E-state index in [1.54, 1.807) is 12.3 Å². The summed E-state index contributed by atoms with van der Waals surface area (Å²) in [5, 5.41) is 1.13. The van der Waals surface area contributed by atoms with Gasteiger partial charge in [-0.2, -0.15) is 4.39 Å². The molecular formula is C7H4ClFN2. The van der Waals surface area contributed by atoms with Crippen LogP contribution in [0.25, 0.3) is 11.0 Å². The van der Waals surface area contributed by atoms with E-state index in [1.807, 2.05) is 0 Å². The molecule has 0 aliphatic carbocycles. The third-order valence-electron chi connectivity index (χ3n) is 1.45. The third kappa shape index (κ3) is 0.973. The highest BCUT2D eigenvalue weighted by Crippen LogP contribution is 2.20.